The van der Waals surface area contributed by atoms with E-state index in [4.69, 9.17) is 0 Å². The van der Waals surface area contributed by atoms with Crippen molar-refractivity contribution in [3.8, 4) is 0 Å². The van der Waals surface area contributed by atoms with Crippen molar-refractivity contribution in [3.05, 3.63) is 35.9 Å². The largest absolute Gasteiger partial charge is 0.469 e. The Kier molecular flexibility index (Phi) is 3.94. The van der Waals surface area contributed by atoms with E-state index >= 15 is 0 Å². The van der Waals surface area contributed by atoms with Gasteiger partial charge in [0.15, 0.2) is 5.78 Å². The van der Waals surface area contributed by atoms with Gasteiger partial charge >= 0.3 is 5.97 Å². The van der Waals surface area contributed by atoms with E-state index in [1.165, 1.54) is 7.11 Å². The highest BCUT2D eigenvalue weighted by molar-refractivity contribution is 6.01. The van der Waals surface area contributed by atoms with Gasteiger partial charge in [0.1, 0.15) is 0 Å². The van der Waals surface area contributed by atoms with Crippen LogP contribution in [-0.2, 0) is 14.3 Å². The summed E-state index contributed by atoms with van der Waals surface area (Å²) in [5.74, 6) is -1.25. The molecule has 1 saturated heterocycles. The fraction of sp³-hybridized carbons (Fsp3) is 0.357. The average molecular weight is 261 g/mol. The highest BCUT2D eigenvalue weighted by Crippen LogP contribution is 2.23. The Hall–Kier alpha value is -2.17. The molecule has 0 aliphatic carbocycles. The predicted molar refractivity (Wildman–Crippen MR) is 67.4 cm³/mol. The number of rotatable bonds is 5. The average Bonchev–Trinajstić information content (AvgIpc) is 2.41. The van der Waals surface area contributed by atoms with E-state index in [2.05, 4.69) is 10.1 Å². The lowest BCUT2D eigenvalue weighted by Gasteiger charge is -2.33. The van der Waals surface area contributed by atoms with Crippen LogP contribution >= 0.6 is 0 Å². The zero-order valence-corrected chi connectivity index (χ0v) is 10.6. The molecule has 0 saturated carbocycles. The number of methoxy groups -OCH3 is 1. The number of hydrogen-bond donors (Lipinski definition) is 1. The van der Waals surface area contributed by atoms with Gasteiger partial charge in [0.2, 0.25) is 5.91 Å². The quantitative estimate of drug-likeness (QED) is 0.486. The topological polar surface area (TPSA) is 72.5 Å². The van der Waals surface area contributed by atoms with Crippen LogP contribution in [0.3, 0.4) is 0 Å². The van der Waals surface area contributed by atoms with Crippen LogP contribution in [0.5, 0.6) is 0 Å². The zero-order chi connectivity index (χ0) is 13.8. The summed E-state index contributed by atoms with van der Waals surface area (Å²) >= 11 is 0. The molecule has 1 aliphatic heterocycles. The van der Waals surface area contributed by atoms with E-state index in [0.717, 1.165) is 0 Å². The first kappa shape index (κ1) is 13.3. The Morgan fingerprint density at radius 1 is 1.37 bits per heavy atom. The highest BCUT2D eigenvalue weighted by Gasteiger charge is 2.38. The van der Waals surface area contributed by atoms with E-state index < -0.39 is 11.9 Å². The van der Waals surface area contributed by atoms with E-state index in [0.29, 0.717) is 5.56 Å². The maximum Gasteiger partial charge on any atom is 0.306 e. The first-order chi connectivity index (χ1) is 9.11. The van der Waals surface area contributed by atoms with Gasteiger partial charge in [0.25, 0.3) is 0 Å². The Labute approximate surface area is 110 Å². The first-order valence-corrected chi connectivity index (χ1v) is 6.07. The number of benzene rings is 1. The Bertz CT molecular complexity index is 489. The number of ketones is 1. The molecule has 1 fully saturated rings. The number of ether oxygens (including phenoxy) is 1. The Morgan fingerprint density at radius 2 is 2.00 bits per heavy atom. The molecule has 5 heteroatoms. The van der Waals surface area contributed by atoms with Crippen LogP contribution in [0.25, 0.3) is 0 Å². The van der Waals surface area contributed by atoms with Gasteiger partial charge in [0, 0.05) is 18.0 Å². The Morgan fingerprint density at radius 3 is 2.53 bits per heavy atom. The summed E-state index contributed by atoms with van der Waals surface area (Å²) < 4.78 is 4.61. The maximum atomic E-state index is 12.4. The smallest absolute Gasteiger partial charge is 0.306 e. The van der Waals surface area contributed by atoms with Gasteiger partial charge in [-0.1, -0.05) is 30.3 Å². The molecular formula is C14H15NO4. The third kappa shape index (κ3) is 2.99. The minimum absolute atomic E-state index is 0.0187. The lowest BCUT2D eigenvalue weighted by molar-refractivity contribution is -0.142. The van der Waals surface area contributed by atoms with Crippen molar-refractivity contribution in [2.24, 2.45) is 5.92 Å². The number of hydrogen-bond acceptors (Lipinski definition) is 4. The van der Waals surface area contributed by atoms with Crippen molar-refractivity contribution in [2.75, 3.05) is 7.11 Å². The molecule has 2 unspecified atom stereocenters. The van der Waals surface area contributed by atoms with Crippen LogP contribution in [0.4, 0.5) is 0 Å². The third-order valence-electron chi connectivity index (χ3n) is 3.25. The van der Waals surface area contributed by atoms with Gasteiger partial charge < -0.3 is 10.1 Å². The lowest BCUT2D eigenvalue weighted by Crippen LogP contribution is -2.55. The second-order valence-corrected chi connectivity index (χ2v) is 4.50. The van der Waals surface area contributed by atoms with E-state index in [-0.39, 0.29) is 30.6 Å². The number of β-lactam (4-membered cyclic amide) rings is 1. The number of carbonyl (C=O) groups is 3. The summed E-state index contributed by atoms with van der Waals surface area (Å²) in [7, 11) is 1.28. The summed E-state index contributed by atoms with van der Waals surface area (Å²) in [5.41, 5.74) is 0.539. The van der Waals surface area contributed by atoms with Crippen LogP contribution in [0.2, 0.25) is 0 Å². The minimum Gasteiger partial charge on any atom is -0.469 e. The third-order valence-corrected chi connectivity index (χ3v) is 3.25. The number of carbonyl (C=O) groups excluding carboxylic acids is 3. The minimum atomic E-state index is -0.562. The van der Waals surface area contributed by atoms with E-state index in [1.807, 2.05) is 6.07 Å². The van der Waals surface area contributed by atoms with Crippen LogP contribution in [-0.4, -0.2) is 30.8 Å². The van der Waals surface area contributed by atoms with Gasteiger partial charge in [0.05, 0.1) is 19.4 Å². The van der Waals surface area contributed by atoms with Gasteiger partial charge in [-0.2, -0.15) is 0 Å². The normalized spacial score (nSPS) is 19.0. The molecule has 1 aromatic carbocycles. The highest BCUT2D eigenvalue weighted by atomic mass is 16.5. The number of Topliss-reactive ketones (excluding diaryl/α,β-unsaturated/α-hetero) is 1. The number of amides is 1. The van der Waals surface area contributed by atoms with Crippen molar-refractivity contribution >= 4 is 17.7 Å². The first-order valence-electron chi connectivity index (χ1n) is 6.07. The zero-order valence-electron chi connectivity index (χ0n) is 10.6. The van der Waals surface area contributed by atoms with Crippen LogP contribution in [0.1, 0.15) is 23.2 Å². The van der Waals surface area contributed by atoms with Gasteiger partial charge in [-0.25, -0.2) is 0 Å². The monoisotopic (exact) mass is 261 g/mol. The molecule has 1 aliphatic rings. The molecule has 1 aromatic rings. The second kappa shape index (κ2) is 5.65. The molecule has 2 atom stereocenters. The van der Waals surface area contributed by atoms with Crippen molar-refractivity contribution in [2.45, 2.75) is 18.9 Å². The van der Waals surface area contributed by atoms with Gasteiger partial charge in [-0.05, 0) is 0 Å². The molecule has 0 bridgehead atoms. The SMILES string of the molecule is COC(=O)CC(C(=O)c1ccccc1)C1CC(=O)N1. The molecular weight excluding hydrogens is 246 g/mol. The van der Waals surface area contributed by atoms with Crippen molar-refractivity contribution in [3.63, 3.8) is 0 Å². The van der Waals surface area contributed by atoms with Crippen molar-refractivity contribution in [1.29, 1.82) is 0 Å². The standard InChI is InChI=1S/C14H15NO4/c1-19-13(17)7-10(11-8-12(16)15-11)14(18)9-5-3-2-4-6-9/h2-6,10-11H,7-8H2,1H3,(H,15,16). The summed E-state index contributed by atoms with van der Waals surface area (Å²) in [6, 6.07) is 8.47. The molecule has 5 nitrogen and oxygen atoms in total. The number of nitrogens with one attached hydrogen (secondary N) is 1. The van der Waals surface area contributed by atoms with Crippen LogP contribution in [0, 0.1) is 5.92 Å². The van der Waals surface area contributed by atoms with Crippen molar-refractivity contribution in [1.82, 2.24) is 5.32 Å². The molecule has 1 amide bonds. The molecule has 0 radical (unpaired) electrons. The fourth-order valence-electron chi connectivity index (χ4n) is 2.13. The summed E-state index contributed by atoms with van der Waals surface area (Å²) in [4.78, 5) is 34.8. The molecule has 0 aromatic heterocycles. The van der Waals surface area contributed by atoms with E-state index in [1.54, 1.807) is 24.3 Å². The maximum absolute atomic E-state index is 12.4. The van der Waals surface area contributed by atoms with E-state index in [9.17, 15) is 14.4 Å². The number of esters is 1. The molecule has 1 N–H and O–H groups in total. The second-order valence-electron chi connectivity index (χ2n) is 4.50. The lowest BCUT2D eigenvalue weighted by atomic mass is 9.83. The van der Waals surface area contributed by atoms with Crippen LogP contribution in [0.15, 0.2) is 30.3 Å². The van der Waals surface area contributed by atoms with Crippen LogP contribution < -0.4 is 5.32 Å². The molecule has 100 valence electrons. The van der Waals surface area contributed by atoms with Gasteiger partial charge in [-0.15, -0.1) is 0 Å². The molecule has 1 heterocycles. The fourth-order valence-corrected chi connectivity index (χ4v) is 2.13. The molecule has 0 spiro atoms. The molecule has 2 rings (SSSR count). The Balaban J connectivity index is 2.15. The summed E-state index contributed by atoms with van der Waals surface area (Å²) in [5, 5.41) is 2.66. The van der Waals surface area contributed by atoms with Gasteiger partial charge in [-0.3, -0.25) is 14.4 Å². The summed E-state index contributed by atoms with van der Waals surface area (Å²) in [6.45, 7) is 0. The predicted octanol–water partition coefficient (Wildman–Crippen LogP) is 0.937. The molecule has 19 heavy (non-hydrogen) atoms. The van der Waals surface area contributed by atoms with Crippen molar-refractivity contribution < 1.29 is 19.1 Å². The summed E-state index contributed by atoms with van der Waals surface area (Å²) in [6.07, 6.45) is 0.259.